The van der Waals surface area contributed by atoms with Gasteiger partial charge in [-0.3, -0.25) is 0 Å². The van der Waals surface area contributed by atoms with E-state index in [0.717, 1.165) is 16.3 Å². The van der Waals surface area contributed by atoms with E-state index in [0.29, 0.717) is 5.56 Å². The molecular formula is C15H18O3Si. The lowest BCUT2D eigenvalue weighted by molar-refractivity contribution is 0.0725. The highest BCUT2D eigenvalue weighted by Gasteiger charge is 2.21. The average molecular weight is 274 g/mol. The van der Waals surface area contributed by atoms with Gasteiger partial charge in [-0.2, -0.15) is 0 Å². The summed E-state index contributed by atoms with van der Waals surface area (Å²) in [5.74, 6) is -0.257. The van der Waals surface area contributed by atoms with Gasteiger partial charge < -0.3 is 9.53 Å². The first-order chi connectivity index (χ1) is 8.89. The molecule has 100 valence electrons. The molecule has 0 aliphatic heterocycles. The van der Waals surface area contributed by atoms with Gasteiger partial charge in [-0.15, -0.1) is 0 Å². The van der Waals surface area contributed by atoms with Crippen molar-refractivity contribution in [3.63, 3.8) is 0 Å². The molecule has 2 aromatic rings. The maximum atomic E-state index is 12.0. The summed E-state index contributed by atoms with van der Waals surface area (Å²) in [6, 6.07) is 11.2. The third kappa shape index (κ3) is 3.42. The Hall–Kier alpha value is -1.65. The van der Waals surface area contributed by atoms with Gasteiger partial charge in [0.2, 0.25) is 8.32 Å². The zero-order valence-corrected chi connectivity index (χ0v) is 12.4. The Kier molecular flexibility index (Phi) is 3.73. The van der Waals surface area contributed by atoms with Gasteiger partial charge in [0.15, 0.2) is 0 Å². The largest absolute Gasteiger partial charge is 0.516 e. The molecule has 0 aromatic heterocycles. The van der Waals surface area contributed by atoms with Gasteiger partial charge in [0.25, 0.3) is 0 Å². The van der Waals surface area contributed by atoms with Crippen molar-refractivity contribution in [2.45, 2.75) is 26.2 Å². The van der Waals surface area contributed by atoms with Crippen LogP contribution in [0.15, 0.2) is 36.4 Å². The second kappa shape index (κ2) is 5.15. The van der Waals surface area contributed by atoms with Crippen LogP contribution in [0, 0.1) is 0 Å². The molecule has 0 bridgehead atoms. The van der Waals surface area contributed by atoms with Crippen LogP contribution in [0.25, 0.3) is 10.8 Å². The minimum absolute atomic E-state index is 0.0232. The van der Waals surface area contributed by atoms with Crippen molar-refractivity contribution in [2.75, 3.05) is 0 Å². The van der Waals surface area contributed by atoms with Crippen molar-refractivity contribution in [2.24, 2.45) is 0 Å². The van der Waals surface area contributed by atoms with Crippen LogP contribution < -0.4 is 0 Å². The van der Waals surface area contributed by atoms with Crippen LogP contribution in [0.5, 0.6) is 0 Å². The number of benzene rings is 2. The molecule has 3 nitrogen and oxygen atoms in total. The summed E-state index contributed by atoms with van der Waals surface area (Å²) in [6.07, 6.45) is 0. The molecule has 0 saturated carbocycles. The first-order valence-electron chi connectivity index (χ1n) is 6.26. The molecule has 2 aromatic carbocycles. The Morgan fingerprint density at radius 2 is 1.74 bits per heavy atom. The highest BCUT2D eigenvalue weighted by Crippen LogP contribution is 2.19. The number of aliphatic hydroxyl groups excluding tert-OH is 1. The van der Waals surface area contributed by atoms with E-state index in [1.54, 1.807) is 6.07 Å². The van der Waals surface area contributed by atoms with E-state index in [1.165, 1.54) is 0 Å². The zero-order chi connectivity index (χ0) is 14.0. The number of hydrogen-bond donors (Lipinski definition) is 1. The van der Waals surface area contributed by atoms with E-state index in [1.807, 2.05) is 50.0 Å². The zero-order valence-electron chi connectivity index (χ0n) is 11.4. The molecule has 0 aliphatic rings. The molecule has 0 unspecified atom stereocenters. The van der Waals surface area contributed by atoms with Gasteiger partial charge in [-0.1, -0.05) is 18.2 Å². The summed E-state index contributed by atoms with van der Waals surface area (Å²) in [5, 5.41) is 11.1. The van der Waals surface area contributed by atoms with Crippen LogP contribution in [0.4, 0.5) is 0 Å². The minimum atomic E-state index is -1.87. The summed E-state index contributed by atoms with van der Waals surface area (Å²) >= 11 is 0. The molecule has 0 heterocycles. The van der Waals surface area contributed by atoms with Crippen molar-refractivity contribution in [1.82, 2.24) is 0 Å². The van der Waals surface area contributed by atoms with E-state index >= 15 is 0 Å². The van der Waals surface area contributed by atoms with Crippen LogP contribution in [-0.2, 0) is 11.0 Å². The molecular weight excluding hydrogens is 256 g/mol. The molecule has 2 rings (SSSR count). The van der Waals surface area contributed by atoms with Crippen LogP contribution in [0.1, 0.15) is 15.9 Å². The van der Waals surface area contributed by atoms with E-state index in [2.05, 4.69) is 0 Å². The SMILES string of the molecule is C[Si](C)(C)OC(=O)c1ccc2cc(CO)ccc2c1. The fourth-order valence-electron chi connectivity index (χ4n) is 1.86. The van der Waals surface area contributed by atoms with Gasteiger partial charge >= 0.3 is 5.97 Å². The number of aliphatic hydroxyl groups is 1. The van der Waals surface area contributed by atoms with Crippen molar-refractivity contribution < 1.29 is 14.3 Å². The lowest BCUT2D eigenvalue weighted by Gasteiger charge is -2.17. The van der Waals surface area contributed by atoms with Crippen LogP contribution in [0.2, 0.25) is 19.6 Å². The van der Waals surface area contributed by atoms with E-state index in [-0.39, 0.29) is 12.6 Å². The maximum absolute atomic E-state index is 12.0. The monoisotopic (exact) mass is 274 g/mol. The first-order valence-corrected chi connectivity index (χ1v) is 9.67. The molecule has 0 amide bonds. The summed E-state index contributed by atoms with van der Waals surface area (Å²) in [7, 11) is -1.87. The highest BCUT2D eigenvalue weighted by atomic mass is 28.4. The predicted octanol–water partition coefficient (Wildman–Crippen LogP) is 3.32. The molecule has 0 saturated heterocycles. The topological polar surface area (TPSA) is 46.5 Å². The van der Waals surface area contributed by atoms with Crippen LogP contribution in [-0.4, -0.2) is 19.4 Å². The number of fused-ring (bicyclic) bond motifs is 1. The first kappa shape index (κ1) is 13.8. The highest BCUT2D eigenvalue weighted by molar-refractivity contribution is 6.71. The van der Waals surface area contributed by atoms with E-state index in [4.69, 9.17) is 9.53 Å². The molecule has 1 N–H and O–H groups in total. The molecule has 19 heavy (non-hydrogen) atoms. The lowest BCUT2D eigenvalue weighted by atomic mass is 10.0. The maximum Gasteiger partial charge on any atom is 0.324 e. The fourth-order valence-corrected chi connectivity index (χ4v) is 2.53. The van der Waals surface area contributed by atoms with Gasteiger partial charge in [0.05, 0.1) is 12.2 Å². The predicted molar refractivity (Wildman–Crippen MR) is 78.6 cm³/mol. The molecule has 0 spiro atoms. The third-order valence-electron chi connectivity index (χ3n) is 2.72. The number of carbonyl (C=O) groups excluding carboxylic acids is 1. The van der Waals surface area contributed by atoms with Crippen molar-refractivity contribution in [1.29, 1.82) is 0 Å². The Morgan fingerprint density at radius 3 is 2.37 bits per heavy atom. The molecule has 4 heteroatoms. The molecule has 0 radical (unpaired) electrons. The number of carbonyl (C=O) groups is 1. The smallest absolute Gasteiger partial charge is 0.324 e. The number of rotatable bonds is 3. The van der Waals surface area contributed by atoms with Gasteiger partial charge in [0, 0.05) is 0 Å². The van der Waals surface area contributed by atoms with Crippen molar-refractivity contribution >= 4 is 25.1 Å². The molecule has 0 aliphatic carbocycles. The Bertz CT molecular complexity index is 614. The lowest BCUT2D eigenvalue weighted by Crippen LogP contribution is -2.29. The van der Waals surface area contributed by atoms with Gasteiger partial charge in [-0.05, 0) is 54.2 Å². The van der Waals surface area contributed by atoms with E-state index < -0.39 is 8.32 Å². The fraction of sp³-hybridized carbons (Fsp3) is 0.267. The molecule has 0 fully saturated rings. The standard InChI is InChI=1S/C15H18O3Si/c1-19(2,3)18-15(17)14-7-6-12-8-11(10-16)4-5-13(12)9-14/h4-9,16H,10H2,1-3H3. The summed E-state index contributed by atoms with van der Waals surface area (Å²) < 4.78 is 5.48. The van der Waals surface area contributed by atoms with Gasteiger partial charge in [-0.25, -0.2) is 4.79 Å². The summed E-state index contributed by atoms with van der Waals surface area (Å²) in [5.41, 5.74) is 1.44. The number of hydrogen-bond acceptors (Lipinski definition) is 3. The average Bonchev–Trinajstić information content (AvgIpc) is 2.35. The summed E-state index contributed by atoms with van der Waals surface area (Å²) in [6.45, 7) is 5.98. The van der Waals surface area contributed by atoms with Crippen LogP contribution in [0.3, 0.4) is 0 Å². The second-order valence-corrected chi connectivity index (χ2v) is 9.99. The van der Waals surface area contributed by atoms with E-state index in [9.17, 15) is 4.79 Å². The quantitative estimate of drug-likeness (QED) is 0.873. The van der Waals surface area contributed by atoms with Crippen LogP contribution >= 0.6 is 0 Å². The van der Waals surface area contributed by atoms with Crippen molar-refractivity contribution in [3.8, 4) is 0 Å². The third-order valence-corrected chi connectivity index (χ3v) is 3.52. The normalized spacial score (nSPS) is 11.6. The summed E-state index contributed by atoms with van der Waals surface area (Å²) in [4.78, 5) is 12.0. The Balaban J connectivity index is 2.34. The Labute approximate surface area is 114 Å². The van der Waals surface area contributed by atoms with Crippen molar-refractivity contribution in [3.05, 3.63) is 47.5 Å². The second-order valence-electron chi connectivity index (χ2n) is 5.56. The molecule has 0 atom stereocenters. The van der Waals surface area contributed by atoms with Gasteiger partial charge in [0.1, 0.15) is 0 Å². The Morgan fingerprint density at radius 1 is 1.11 bits per heavy atom. The minimum Gasteiger partial charge on any atom is -0.516 e.